The molecule has 0 saturated carbocycles. The van der Waals surface area contributed by atoms with E-state index in [9.17, 15) is 19.2 Å². The van der Waals surface area contributed by atoms with Gasteiger partial charge in [-0.2, -0.15) is 0 Å². The number of amides is 3. The molecule has 0 aromatic heterocycles. The fourth-order valence-electron chi connectivity index (χ4n) is 2.80. The molecular formula is C18H22N2O6. The first-order valence-corrected chi connectivity index (χ1v) is 8.32. The van der Waals surface area contributed by atoms with Crippen molar-refractivity contribution in [2.75, 3.05) is 33.4 Å². The van der Waals surface area contributed by atoms with Gasteiger partial charge in [-0.25, -0.2) is 0 Å². The average molecular weight is 362 g/mol. The first-order valence-electron chi connectivity index (χ1n) is 8.32. The Morgan fingerprint density at radius 1 is 1.19 bits per heavy atom. The Hall–Kier alpha value is -2.74. The number of esters is 1. The van der Waals surface area contributed by atoms with Gasteiger partial charge in [0.25, 0.3) is 11.8 Å². The molecule has 0 spiro atoms. The van der Waals surface area contributed by atoms with Crippen molar-refractivity contribution in [3.63, 3.8) is 0 Å². The van der Waals surface area contributed by atoms with E-state index in [0.717, 1.165) is 4.90 Å². The number of rotatable bonds is 8. The van der Waals surface area contributed by atoms with E-state index in [0.29, 0.717) is 6.42 Å². The Kier molecular flexibility index (Phi) is 6.46. The predicted octanol–water partition coefficient (Wildman–Crippen LogP) is 0.303. The van der Waals surface area contributed by atoms with E-state index in [1.165, 1.54) is 12.0 Å². The first kappa shape index (κ1) is 19.6. The largest absolute Gasteiger partial charge is 0.469 e. The van der Waals surface area contributed by atoms with Crippen molar-refractivity contribution in [3.05, 3.63) is 35.4 Å². The number of methoxy groups -OCH3 is 1. The predicted molar refractivity (Wildman–Crippen MR) is 91.3 cm³/mol. The molecule has 8 heteroatoms. The summed E-state index contributed by atoms with van der Waals surface area (Å²) in [6, 6.07) is 6.40. The van der Waals surface area contributed by atoms with Crippen molar-refractivity contribution in [2.24, 2.45) is 5.92 Å². The van der Waals surface area contributed by atoms with E-state index in [2.05, 4.69) is 4.74 Å². The third kappa shape index (κ3) is 4.08. The van der Waals surface area contributed by atoms with E-state index in [4.69, 9.17) is 5.11 Å². The second-order valence-corrected chi connectivity index (χ2v) is 6.08. The molecular weight excluding hydrogens is 340 g/mol. The van der Waals surface area contributed by atoms with Gasteiger partial charge in [0, 0.05) is 19.7 Å². The zero-order valence-electron chi connectivity index (χ0n) is 14.8. The molecule has 0 aliphatic carbocycles. The second kappa shape index (κ2) is 8.57. The molecule has 1 aromatic rings. The number of carbonyl (C=O) groups excluding carboxylic acids is 4. The molecule has 1 heterocycles. The third-order valence-electron chi connectivity index (χ3n) is 4.21. The Morgan fingerprint density at radius 3 is 2.27 bits per heavy atom. The van der Waals surface area contributed by atoms with Crippen LogP contribution in [0.5, 0.6) is 0 Å². The van der Waals surface area contributed by atoms with Crippen molar-refractivity contribution in [3.8, 4) is 0 Å². The molecule has 1 atom stereocenters. The summed E-state index contributed by atoms with van der Waals surface area (Å²) >= 11 is 0. The Bertz CT molecular complexity index is 682. The number of aliphatic hydroxyl groups is 1. The van der Waals surface area contributed by atoms with Gasteiger partial charge in [0.15, 0.2) is 0 Å². The maximum absolute atomic E-state index is 12.6. The van der Waals surface area contributed by atoms with Crippen LogP contribution in [-0.2, 0) is 14.3 Å². The smallest absolute Gasteiger partial charge is 0.310 e. The van der Waals surface area contributed by atoms with Crippen molar-refractivity contribution >= 4 is 23.7 Å². The highest BCUT2D eigenvalue weighted by atomic mass is 16.5. The lowest BCUT2D eigenvalue weighted by atomic mass is 10.1. The van der Waals surface area contributed by atoms with Crippen molar-refractivity contribution in [1.29, 1.82) is 0 Å². The van der Waals surface area contributed by atoms with Gasteiger partial charge in [0.05, 0.1) is 24.2 Å². The normalized spacial score (nSPS) is 14.2. The molecule has 1 N–H and O–H groups in total. The van der Waals surface area contributed by atoms with Crippen LogP contribution in [0.4, 0.5) is 0 Å². The van der Waals surface area contributed by atoms with Gasteiger partial charge in [-0.05, 0) is 18.6 Å². The Balaban J connectivity index is 2.10. The number of fused-ring (bicyclic) bond motifs is 1. The van der Waals surface area contributed by atoms with Gasteiger partial charge in [-0.3, -0.25) is 24.1 Å². The van der Waals surface area contributed by atoms with Gasteiger partial charge in [0.1, 0.15) is 6.54 Å². The maximum Gasteiger partial charge on any atom is 0.310 e. The number of carbonyl (C=O) groups is 4. The van der Waals surface area contributed by atoms with Gasteiger partial charge in [-0.15, -0.1) is 0 Å². The molecule has 140 valence electrons. The van der Waals surface area contributed by atoms with Crippen LogP contribution in [-0.4, -0.2) is 71.9 Å². The summed E-state index contributed by atoms with van der Waals surface area (Å²) in [7, 11) is 1.26. The highest BCUT2D eigenvalue weighted by molar-refractivity contribution is 6.22. The van der Waals surface area contributed by atoms with E-state index in [1.807, 2.05) is 0 Å². The quantitative estimate of drug-likeness (QED) is 0.527. The highest BCUT2D eigenvalue weighted by Crippen LogP contribution is 2.22. The summed E-state index contributed by atoms with van der Waals surface area (Å²) in [5.74, 6) is -2.52. The maximum atomic E-state index is 12.6. The summed E-state index contributed by atoms with van der Waals surface area (Å²) in [5, 5.41) is 9.02. The number of benzene rings is 1. The lowest BCUT2D eigenvalue weighted by molar-refractivity contribution is -0.146. The van der Waals surface area contributed by atoms with Crippen LogP contribution in [0.1, 0.15) is 34.1 Å². The fraction of sp³-hybridized carbons (Fsp3) is 0.444. The Labute approximate surface area is 151 Å². The average Bonchev–Trinajstić information content (AvgIpc) is 2.89. The highest BCUT2D eigenvalue weighted by Gasteiger charge is 2.37. The number of hydrogen-bond acceptors (Lipinski definition) is 6. The summed E-state index contributed by atoms with van der Waals surface area (Å²) in [6.07, 6.45) is 0.321. The molecule has 1 aliphatic heterocycles. The SMILES string of the molecule is COC(=O)C(C)CN(CCCO)C(=O)CN1C(=O)c2ccccc2C1=O. The third-order valence-corrected chi connectivity index (χ3v) is 4.21. The van der Waals surface area contributed by atoms with Crippen LogP contribution in [0, 0.1) is 5.92 Å². The van der Waals surface area contributed by atoms with Crippen LogP contribution in [0.3, 0.4) is 0 Å². The number of nitrogens with zero attached hydrogens (tertiary/aromatic N) is 2. The summed E-state index contributed by atoms with van der Waals surface area (Å²) in [5.41, 5.74) is 0.547. The first-order chi connectivity index (χ1) is 12.4. The molecule has 0 bridgehead atoms. The van der Waals surface area contributed by atoms with Crippen LogP contribution in [0.15, 0.2) is 24.3 Å². The van der Waals surface area contributed by atoms with Crippen LogP contribution in [0.2, 0.25) is 0 Å². The summed E-state index contributed by atoms with van der Waals surface area (Å²) < 4.78 is 4.66. The number of ether oxygens (including phenoxy) is 1. The molecule has 0 fully saturated rings. The van der Waals surface area contributed by atoms with Crippen molar-refractivity contribution in [1.82, 2.24) is 9.80 Å². The van der Waals surface area contributed by atoms with Crippen LogP contribution >= 0.6 is 0 Å². The Morgan fingerprint density at radius 2 is 1.77 bits per heavy atom. The van der Waals surface area contributed by atoms with E-state index in [1.54, 1.807) is 31.2 Å². The van der Waals surface area contributed by atoms with Crippen molar-refractivity contribution in [2.45, 2.75) is 13.3 Å². The lowest BCUT2D eigenvalue weighted by Crippen LogP contribution is -2.45. The van der Waals surface area contributed by atoms with Crippen LogP contribution in [0.25, 0.3) is 0 Å². The second-order valence-electron chi connectivity index (χ2n) is 6.08. The van der Waals surface area contributed by atoms with Gasteiger partial charge >= 0.3 is 5.97 Å². The number of imide groups is 1. The molecule has 3 amide bonds. The molecule has 0 radical (unpaired) electrons. The van der Waals surface area contributed by atoms with Crippen molar-refractivity contribution < 1.29 is 29.0 Å². The molecule has 1 unspecified atom stereocenters. The number of hydrogen-bond donors (Lipinski definition) is 1. The van der Waals surface area contributed by atoms with Gasteiger partial charge in [0.2, 0.25) is 5.91 Å². The standard InChI is InChI=1S/C18H22N2O6/c1-12(18(25)26-2)10-19(8-5-9-21)15(22)11-20-16(23)13-6-3-4-7-14(13)17(20)24/h3-4,6-7,12,21H,5,8-11H2,1-2H3. The fourth-order valence-corrected chi connectivity index (χ4v) is 2.80. The van der Waals surface area contributed by atoms with E-state index in [-0.39, 0.29) is 30.8 Å². The lowest BCUT2D eigenvalue weighted by Gasteiger charge is -2.26. The molecule has 0 saturated heterocycles. The molecule has 8 nitrogen and oxygen atoms in total. The molecule has 1 aliphatic rings. The van der Waals surface area contributed by atoms with Gasteiger partial charge < -0.3 is 14.7 Å². The number of aliphatic hydroxyl groups excluding tert-OH is 1. The van der Waals surface area contributed by atoms with Gasteiger partial charge in [-0.1, -0.05) is 19.1 Å². The minimum absolute atomic E-state index is 0.0781. The minimum atomic E-state index is -0.565. The zero-order chi connectivity index (χ0) is 19.3. The molecule has 1 aromatic carbocycles. The molecule has 26 heavy (non-hydrogen) atoms. The molecule has 2 rings (SSSR count). The minimum Gasteiger partial charge on any atom is -0.469 e. The topological polar surface area (TPSA) is 104 Å². The summed E-state index contributed by atoms with van der Waals surface area (Å²) in [4.78, 5) is 51.3. The van der Waals surface area contributed by atoms with Crippen LogP contribution < -0.4 is 0 Å². The summed E-state index contributed by atoms with van der Waals surface area (Å²) in [6.45, 7) is 1.37. The van der Waals surface area contributed by atoms with E-state index < -0.39 is 36.2 Å². The van der Waals surface area contributed by atoms with E-state index >= 15 is 0 Å². The monoisotopic (exact) mass is 362 g/mol. The zero-order valence-corrected chi connectivity index (χ0v) is 14.8.